The van der Waals surface area contributed by atoms with Crippen molar-refractivity contribution in [3.8, 4) is 5.75 Å². The van der Waals surface area contributed by atoms with Crippen molar-refractivity contribution >= 4 is 23.3 Å². The van der Waals surface area contributed by atoms with Crippen LogP contribution in [-0.2, 0) is 4.79 Å². The minimum Gasteiger partial charge on any atom is -0.494 e. The molecule has 0 spiro atoms. The molecule has 1 aliphatic rings. The molecule has 136 valence electrons. The maximum Gasteiger partial charge on any atom is 0.319 e. The minimum atomic E-state index is -0.322. The number of nitrogens with zero attached hydrogens (tertiary/aromatic N) is 1. The van der Waals surface area contributed by atoms with Crippen molar-refractivity contribution in [3.05, 3.63) is 54.1 Å². The van der Waals surface area contributed by atoms with E-state index >= 15 is 0 Å². The average Bonchev–Trinajstić information content (AvgIpc) is 2.97. The van der Waals surface area contributed by atoms with Crippen LogP contribution < -0.4 is 20.3 Å². The second-order valence-electron chi connectivity index (χ2n) is 6.30. The maximum atomic E-state index is 12.2. The Morgan fingerprint density at radius 2 is 1.85 bits per heavy atom. The largest absolute Gasteiger partial charge is 0.494 e. The van der Waals surface area contributed by atoms with E-state index < -0.39 is 0 Å². The van der Waals surface area contributed by atoms with Gasteiger partial charge in [0.2, 0.25) is 5.91 Å². The van der Waals surface area contributed by atoms with Crippen LogP contribution in [0.5, 0.6) is 5.75 Å². The molecule has 6 nitrogen and oxygen atoms in total. The molecular formula is C20H23N3O3. The third-order valence-electron chi connectivity index (χ3n) is 4.23. The number of hydrogen-bond donors (Lipinski definition) is 2. The van der Waals surface area contributed by atoms with E-state index in [1.165, 1.54) is 0 Å². The van der Waals surface area contributed by atoms with Crippen molar-refractivity contribution in [2.45, 2.75) is 26.3 Å². The Bertz CT molecular complexity index is 772. The van der Waals surface area contributed by atoms with Crippen LogP contribution in [0, 0.1) is 6.92 Å². The smallest absolute Gasteiger partial charge is 0.319 e. The Hall–Kier alpha value is -3.02. The average molecular weight is 353 g/mol. The fourth-order valence-electron chi connectivity index (χ4n) is 2.93. The molecule has 6 heteroatoms. The van der Waals surface area contributed by atoms with Gasteiger partial charge in [-0.25, -0.2) is 4.79 Å². The van der Waals surface area contributed by atoms with E-state index in [0.717, 1.165) is 17.0 Å². The third-order valence-corrected chi connectivity index (χ3v) is 4.23. The summed E-state index contributed by atoms with van der Waals surface area (Å²) in [6, 6.07) is 14.4. The molecule has 0 radical (unpaired) electrons. The maximum absolute atomic E-state index is 12.2. The number of anilines is 2. The first-order chi connectivity index (χ1) is 12.5. The Morgan fingerprint density at radius 1 is 1.15 bits per heavy atom. The Labute approximate surface area is 153 Å². The number of rotatable bonds is 5. The second-order valence-corrected chi connectivity index (χ2v) is 6.30. The van der Waals surface area contributed by atoms with Crippen LogP contribution in [-0.4, -0.2) is 31.1 Å². The second kappa shape index (κ2) is 7.91. The number of ether oxygens (including phenoxy) is 1. The molecule has 0 saturated carbocycles. The molecule has 2 aromatic rings. The van der Waals surface area contributed by atoms with Gasteiger partial charge in [-0.1, -0.05) is 17.7 Å². The molecule has 3 amide bonds. The normalized spacial score (nSPS) is 16.5. The first kappa shape index (κ1) is 17.8. The lowest BCUT2D eigenvalue weighted by molar-refractivity contribution is -0.117. The molecule has 1 fully saturated rings. The summed E-state index contributed by atoms with van der Waals surface area (Å²) in [6.45, 7) is 4.99. The number of amides is 3. The van der Waals surface area contributed by atoms with E-state index in [-0.39, 0.29) is 18.0 Å². The molecule has 0 aliphatic carbocycles. The zero-order chi connectivity index (χ0) is 18.5. The number of carbonyl (C=O) groups is 2. The highest BCUT2D eigenvalue weighted by Crippen LogP contribution is 2.22. The number of hydrogen-bond acceptors (Lipinski definition) is 3. The van der Waals surface area contributed by atoms with Crippen molar-refractivity contribution < 1.29 is 14.3 Å². The number of benzene rings is 2. The van der Waals surface area contributed by atoms with E-state index in [4.69, 9.17) is 4.74 Å². The fraction of sp³-hybridized carbons (Fsp3) is 0.300. The van der Waals surface area contributed by atoms with Crippen LogP contribution in [0.15, 0.2) is 48.5 Å². The van der Waals surface area contributed by atoms with E-state index in [9.17, 15) is 9.59 Å². The van der Waals surface area contributed by atoms with Crippen LogP contribution in [0.2, 0.25) is 0 Å². The summed E-state index contributed by atoms with van der Waals surface area (Å²) in [7, 11) is 0. The number of aryl methyl sites for hydroxylation is 1. The fourth-order valence-corrected chi connectivity index (χ4v) is 2.93. The number of nitrogens with one attached hydrogen (secondary N) is 2. The van der Waals surface area contributed by atoms with Gasteiger partial charge >= 0.3 is 6.03 Å². The lowest BCUT2D eigenvalue weighted by atomic mass is 10.2. The van der Waals surface area contributed by atoms with Gasteiger partial charge < -0.3 is 20.3 Å². The summed E-state index contributed by atoms with van der Waals surface area (Å²) in [6.07, 6.45) is 0.296. The quantitative estimate of drug-likeness (QED) is 0.866. The molecule has 0 unspecified atom stereocenters. The highest BCUT2D eigenvalue weighted by Gasteiger charge is 2.31. The summed E-state index contributed by atoms with van der Waals surface area (Å²) < 4.78 is 5.38. The van der Waals surface area contributed by atoms with E-state index in [1.54, 1.807) is 29.2 Å². The van der Waals surface area contributed by atoms with E-state index in [0.29, 0.717) is 25.3 Å². The number of carbonyl (C=O) groups excluding carboxylic acids is 2. The van der Waals surface area contributed by atoms with Gasteiger partial charge in [0.05, 0.1) is 12.6 Å². The lowest BCUT2D eigenvalue weighted by Gasteiger charge is -2.17. The lowest BCUT2D eigenvalue weighted by Crippen LogP contribution is -2.39. The zero-order valence-electron chi connectivity index (χ0n) is 15.0. The van der Waals surface area contributed by atoms with Gasteiger partial charge in [0, 0.05) is 24.3 Å². The van der Waals surface area contributed by atoms with Crippen LogP contribution in [0.1, 0.15) is 18.9 Å². The first-order valence-corrected chi connectivity index (χ1v) is 8.72. The molecule has 2 aromatic carbocycles. The molecular weight excluding hydrogens is 330 g/mol. The van der Waals surface area contributed by atoms with E-state index in [2.05, 4.69) is 10.6 Å². The van der Waals surface area contributed by atoms with Crippen LogP contribution in [0.3, 0.4) is 0 Å². The highest BCUT2D eigenvalue weighted by atomic mass is 16.5. The molecule has 1 heterocycles. The topological polar surface area (TPSA) is 70.7 Å². The predicted octanol–water partition coefficient (Wildman–Crippen LogP) is 3.32. The molecule has 1 saturated heterocycles. The summed E-state index contributed by atoms with van der Waals surface area (Å²) in [5.74, 6) is 0.772. The molecule has 26 heavy (non-hydrogen) atoms. The summed E-state index contributed by atoms with van der Waals surface area (Å²) in [5, 5.41) is 5.64. The van der Waals surface area contributed by atoms with Crippen LogP contribution in [0.25, 0.3) is 0 Å². The monoisotopic (exact) mass is 353 g/mol. The van der Waals surface area contributed by atoms with Gasteiger partial charge in [0.25, 0.3) is 0 Å². The van der Waals surface area contributed by atoms with Gasteiger partial charge in [0.1, 0.15) is 5.75 Å². The first-order valence-electron chi connectivity index (χ1n) is 8.72. The SMILES string of the molecule is CCOc1ccc(NC(=O)N[C@@H]2CC(=O)N(c3ccc(C)cc3)C2)cc1. The summed E-state index contributed by atoms with van der Waals surface area (Å²) >= 11 is 0. The molecule has 0 aromatic heterocycles. The van der Waals surface area contributed by atoms with Gasteiger partial charge in [-0.05, 0) is 50.2 Å². The number of urea groups is 1. The van der Waals surface area contributed by atoms with Crippen molar-refractivity contribution in [3.63, 3.8) is 0 Å². The highest BCUT2D eigenvalue weighted by molar-refractivity contribution is 5.97. The van der Waals surface area contributed by atoms with Gasteiger partial charge in [-0.2, -0.15) is 0 Å². The molecule has 3 rings (SSSR count). The summed E-state index contributed by atoms with van der Waals surface area (Å²) in [5.41, 5.74) is 2.67. The van der Waals surface area contributed by atoms with Gasteiger partial charge in [0.15, 0.2) is 0 Å². The molecule has 2 N–H and O–H groups in total. The molecule has 1 atom stereocenters. The minimum absolute atomic E-state index is 0.0141. The summed E-state index contributed by atoms with van der Waals surface area (Å²) in [4.78, 5) is 26.1. The molecule has 1 aliphatic heterocycles. The van der Waals surface area contributed by atoms with Crippen molar-refractivity contribution in [1.29, 1.82) is 0 Å². The van der Waals surface area contributed by atoms with Gasteiger partial charge in [-0.15, -0.1) is 0 Å². The van der Waals surface area contributed by atoms with Crippen molar-refractivity contribution in [2.75, 3.05) is 23.4 Å². The van der Waals surface area contributed by atoms with Crippen LogP contribution >= 0.6 is 0 Å². The van der Waals surface area contributed by atoms with Crippen molar-refractivity contribution in [1.82, 2.24) is 5.32 Å². The molecule has 0 bridgehead atoms. The predicted molar refractivity (Wildman–Crippen MR) is 102 cm³/mol. The van der Waals surface area contributed by atoms with Crippen molar-refractivity contribution in [2.24, 2.45) is 0 Å². The Balaban J connectivity index is 1.55. The van der Waals surface area contributed by atoms with E-state index in [1.807, 2.05) is 38.1 Å². The standard InChI is InChI=1S/C20H23N3O3/c1-3-26-18-10-6-15(7-11-18)21-20(25)22-16-12-19(24)23(13-16)17-8-4-14(2)5-9-17/h4-11,16H,3,12-13H2,1-2H3,(H2,21,22,25)/t16-/m1/s1. The van der Waals surface area contributed by atoms with Gasteiger partial charge in [-0.3, -0.25) is 4.79 Å². The third kappa shape index (κ3) is 4.33. The Morgan fingerprint density at radius 3 is 2.50 bits per heavy atom. The zero-order valence-corrected chi connectivity index (χ0v) is 15.0. The Kier molecular flexibility index (Phi) is 5.41. The van der Waals surface area contributed by atoms with Crippen LogP contribution in [0.4, 0.5) is 16.2 Å².